The lowest BCUT2D eigenvalue weighted by Crippen LogP contribution is -2.20. The van der Waals surface area contributed by atoms with Gasteiger partial charge in [0.05, 0.1) is 5.56 Å². The number of carbonyl (C=O) groups excluding carboxylic acids is 2. The zero-order valence-electron chi connectivity index (χ0n) is 10.7. The zero-order valence-corrected chi connectivity index (χ0v) is 13.0. The molecule has 0 unspecified atom stereocenters. The molecule has 0 radical (unpaired) electrons. The average molecular weight is 370 g/mol. The maximum atomic E-state index is 11.7. The first-order valence-corrected chi connectivity index (χ1v) is 7.05. The Labute approximate surface area is 134 Å². The maximum Gasteiger partial charge on any atom is 0.340 e. The quantitative estimate of drug-likeness (QED) is 0.840. The molecule has 0 spiro atoms. The van der Waals surface area contributed by atoms with Crippen molar-refractivity contribution in [2.24, 2.45) is 0 Å². The molecule has 0 atom stereocenters. The van der Waals surface area contributed by atoms with Crippen LogP contribution in [0.5, 0.6) is 0 Å². The molecule has 0 aliphatic heterocycles. The van der Waals surface area contributed by atoms with Gasteiger partial charge in [0, 0.05) is 27.6 Å². The van der Waals surface area contributed by atoms with E-state index in [-0.39, 0.29) is 12.2 Å². The highest BCUT2D eigenvalue weighted by molar-refractivity contribution is 9.10. The molecular formula is C14H10BrClN2O3. The summed E-state index contributed by atoms with van der Waals surface area (Å²) in [6.07, 6.45) is 2.91. The summed E-state index contributed by atoms with van der Waals surface area (Å²) in [7, 11) is 0. The van der Waals surface area contributed by atoms with Crippen LogP contribution in [0.4, 0.5) is 5.69 Å². The van der Waals surface area contributed by atoms with Gasteiger partial charge in [-0.05, 0) is 46.3 Å². The van der Waals surface area contributed by atoms with Gasteiger partial charge in [-0.15, -0.1) is 0 Å². The third-order valence-corrected chi connectivity index (χ3v) is 3.09. The topological polar surface area (TPSA) is 68.3 Å². The van der Waals surface area contributed by atoms with Crippen molar-refractivity contribution in [1.29, 1.82) is 0 Å². The first-order valence-electron chi connectivity index (χ1n) is 5.88. The van der Waals surface area contributed by atoms with E-state index in [1.165, 1.54) is 6.20 Å². The number of ether oxygens (including phenoxy) is 1. The summed E-state index contributed by atoms with van der Waals surface area (Å²) in [5.41, 5.74) is 0.841. The normalized spacial score (nSPS) is 10.0. The summed E-state index contributed by atoms with van der Waals surface area (Å²) in [5.74, 6) is -1.05. The van der Waals surface area contributed by atoms with Crippen molar-refractivity contribution >= 4 is 45.1 Å². The van der Waals surface area contributed by atoms with Gasteiger partial charge in [-0.1, -0.05) is 11.6 Å². The lowest BCUT2D eigenvalue weighted by molar-refractivity contribution is -0.119. The summed E-state index contributed by atoms with van der Waals surface area (Å²) in [4.78, 5) is 27.2. The smallest absolute Gasteiger partial charge is 0.340 e. The summed E-state index contributed by atoms with van der Waals surface area (Å²) in [6, 6.07) is 8.17. The van der Waals surface area contributed by atoms with Crippen molar-refractivity contribution in [3.63, 3.8) is 0 Å². The molecule has 0 bridgehead atoms. The molecule has 5 nitrogen and oxygen atoms in total. The van der Waals surface area contributed by atoms with E-state index in [1.54, 1.807) is 36.5 Å². The molecule has 0 aliphatic carbocycles. The van der Waals surface area contributed by atoms with Crippen LogP contribution >= 0.6 is 27.5 Å². The van der Waals surface area contributed by atoms with Gasteiger partial charge in [-0.2, -0.15) is 0 Å². The summed E-state index contributed by atoms with van der Waals surface area (Å²) >= 11 is 8.94. The van der Waals surface area contributed by atoms with Crippen LogP contribution < -0.4 is 5.32 Å². The summed E-state index contributed by atoms with van der Waals surface area (Å²) in [5, 5.41) is 3.16. The minimum atomic E-state index is -0.616. The van der Waals surface area contributed by atoms with E-state index in [9.17, 15) is 9.59 Å². The maximum absolute atomic E-state index is 11.7. The number of anilines is 1. The number of amides is 1. The van der Waals surface area contributed by atoms with Crippen molar-refractivity contribution in [3.8, 4) is 0 Å². The molecule has 0 aliphatic rings. The van der Waals surface area contributed by atoms with Crippen LogP contribution in [0.1, 0.15) is 10.4 Å². The van der Waals surface area contributed by atoms with Crippen molar-refractivity contribution < 1.29 is 14.3 Å². The number of benzene rings is 1. The molecule has 21 heavy (non-hydrogen) atoms. The molecule has 0 fully saturated rings. The molecule has 108 valence electrons. The summed E-state index contributed by atoms with van der Waals surface area (Å²) < 4.78 is 5.56. The van der Waals surface area contributed by atoms with E-state index in [0.717, 1.165) is 0 Å². The molecule has 0 saturated carbocycles. The van der Waals surface area contributed by atoms with Crippen molar-refractivity contribution in [1.82, 2.24) is 4.98 Å². The first kappa shape index (κ1) is 15.5. The van der Waals surface area contributed by atoms with Crippen molar-refractivity contribution in [3.05, 3.63) is 57.8 Å². The van der Waals surface area contributed by atoms with Gasteiger partial charge in [0.1, 0.15) is 0 Å². The van der Waals surface area contributed by atoms with Crippen LogP contribution in [0.15, 0.2) is 47.2 Å². The highest BCUT2D eigenvalue weighted by atomic mass is 79.9. The number of pyridine rings is 1. The first-order chi connectivity index (χ1) is 10.0. The number of rotatable bonds is 4. The molecule has 1 aromatic carbocycles. The van der Waals surface area contributed by atoms with Gasteiger partial charge in [0.25, 0.3) is 5.91 Å². The predicted molar refractivity (Wildman–Crippen MR) is 82.3 cm³/mol. The van der Waals surface area contributed by atoms with E-state index in [4.69, 9.17) is 16.3 Å². The number of hydrogen-bond acceptors (Lipinski definition) is 4. The highest BCUT2D eigenvalue weighted by Gasteiger charge is 2.11. The van der Waals surface area contributed by atoms with Crippen LogP contribution in [-0.2, 0) is 9.53 Å². The minimum absolute atomic E-state index is 0.267. The number of hydrogen-bond donors (Lipinski definition) is 1. The van der Waals surface area contributed by atoms with Crippen LogP contribution in [-0.4, -0.2) is 23.5 Å². The van der Waals surface area contributed by atoms with E-state index >= 15 is 0 Å². The molecular weight excluding hydrogens is 360 g/mol. The molecule has 1 N–H and O–H groups in total. The number of carbonyl (C=O) groups is 2. The van der Waals surface area contributed by atoms with Crippen molar-refractivity contribution in [2.45, 2.75) is 0 Å². The zero-order chi connectivity index (χ0) is 15.2. The molecule has 1 heterocycles. The van der Waals surface area contributed by atoms with Crippen LogP contribution in [0.25, 0.3) is 0 Å². The predicted octanol–water partition coefficient (Wildman–Crippen LogP) is 3.29. The molecule has 0 saturated heterocycles. The van der Waals surface area contributed by atoms with Gasteiger partial charge >= 0.3 is 5.97 Å². The van der Waals surface area contributed by atoms with Crippen LogP contribution in [0.3, 0.4) is 0 Å². The Morgan fingerprint density at radius 3 is 2.62 bits per heavy atom. The Morgan fingerprint density at radius 1 is 1.24 bits per heavy atom. The Kier molecular flexibility index (Phi) is 5.30. The Bertz CT molecular complexity index is 662. The molecule has 1 amide bonds. The number of nitrogens with one attached hydrogen (secondary N) is 1. The van der Waals surface area contributed by atoms with E-state index < -0.39 is 11.9 Å². The number of esters is 1. The molecule has 2 rings (SSSR count). The van der Waals surface area contributed by atoms with Gasteiger partial charge in [0.15, 0.2) is 6.61 Å². The monoisotopic (exact) mass is 368 g/mol. The fourth-order valence-electron chi connectivity index (χ4n) is 1.47. The minimum Gasteiger partial charge on any atom is -0.452 e. The second-order valence-corrected chi connectivity index (χ2v) is 5.38. The third-order valence-electron chi connectivity index (χ3n) is 2.40. The van der Waals surface area contributed by atoms with E-state index in [0.29, 0.717) is 15.2 Å². The second-order valence-electron chi connectivity index (χ2n) is 4.02. The largest absolute Gasteiger partial charge is 0.452 e. The highest BCUT2D eigenvalue weighted by Crippen LogP contribution is 2.13. The second kappa shape index (κ2) is 7.19. The van der Waals surface area contributed by atoms with E-state index in [1.807, 2.05) is 0 Å². The average Bonchev–Trinajstić information content (AvgIpc) is 2.47. The summed E-state index contributed by atoms with van der Waals surface area (Å²) in [6.45, 7) is -0.381. The molecule has 1 aromatic heterocycles. The fourth-order valence-corrected chi connectivity index (χ4v) is 1.96. The number of halogens is 2. The third kappa shape index (κ3) is 4.84. The van der Waals surface area contributed by atoms with Gasteiger partial charge in [0.2, 0.25) is 0 Å². The standard InChI is InChI=1S/C14H10BrClN2O3/c15-10-5-9(6-17-7-10)14(20)21-8-13(19)18-12-3-1-11(16)2-4-12/h1-7H,8H2,(H,18,19). The number of aromatic nitrogens is 1. The van der Waals surface area contributed by atoms with Gasteiger partial charge in [-0.25, -0.2) is 4.79 Å². The molecule has 7 heteroatoms. The van der Waals surface area contributed by atoms with Gasteiger partial charge in [-0.3, -0.25) is 9.78 Å². The van der Waals surface area contributed by atoms with Gasteiger partial charge < -0.3 is 10.1 Å². The Balaban J connectivity index is 1.86. The Morgan fingerprint density at radius 2 is 1.95 bits per heavy atom. The SMILES string of the molecule is O=C(COC(=O)c1cncc(Br)c1)Nc1ccc(Cl)cc1. The van der Waals surface area contributed by atoms with Crippen LogP contribution in [0, 0.1) is 0 Å². The molecule has 2 aromatic rings. The Hall–Kier alpha value is -1.92. The van der Waals surface area contributed by atoms with E-state index in [2.05, 4.69) is 26.2 Å². The van der Waals surface area contributed by atoms with Crippen LogP contribution in [0.2, 0.25) is 5.02 Å². The fraction of sp³-hybridized carbons (Fsp3) is 0.0714. The number of nitrogens with zero attached hydrogens (tertiary/aromatic N) is 1. The van der Waals surface area contributed by atoms with Crippen molar-refractivity contribution in [2.75, 3.05) is 11.9 Å². The lowest BCUT2D eigenvalue weighted by atomic mass is 10.3. The lowest BCUT2D eigenvalue weighted by Gasteiger charge is -2.06.